The lowest BCUT2D eigenvalue weighted by molar-refractivity contribution is 0.0996. The van der Waals surface area contributed by atoms with Crippen LogP contribution < -0.4 is 5.32 Å². The number of nitriles is 1. The molecule has 1 atom stereocenters. The smallest absolute Gasteiger partial charge is 0.292 e. The fourth-order valence-electron chi connectivity index (χ4n) is 3.35. The Balaban J connectivity index is 1.86. The molecular weight excluding hydrogens is 400 g/mol. The third-order valence-corrected chi connectivity index (χ3v) is 7.01. The molecule has 0 aromatic carbocycles. The van der Waals surface area contributed by atoms with Crippen LogP contribution in [0.25, 0.3) is 0 Å². The highest BCUT2D eigenvalue weighted by Gasteiger charge is 2.34. The molecule has 0 saturated heterocycles. The first-order valence-corrected chi connectivity index (χ1v) is 10.1. The van der Waals surface area contributed by atoms with E-state index in [9.17, 15) is 10.1 Å². The Morgan fingerprint density at radius 2 is 2.28 bits per heavy atom. The molecule has 2 heterocycles. The molecule has 2 aromatic rings. The number of furan rings is 1. The topological polar surface area (TPSA) is 66.0 Å². The van der Waals surface area contributed by atoms with Crippen LogP contribution in [0.5, 0.6) is 0 Å². The summed E-state index contributed by atoms with van der Waals surface area (Å²) in [5.74, 6) is 0.512. The number of carbonyl (C=O) groups is 1. The Kier molecular flexibility index (Phi) is 5.08. The van der Waals surface area contributed by atoms with Crippen LogP contribution >= 0.6 is 27.3 Å². The zero-order valence-corrected chi connectivity index (χ0v) is 17.0. The summed E-state index contributed by atoms with van der Waals surface area (Å²) in [4.78, 5) is 13.6. The van der Waals surface area contributed by atoms with Gasteiger partial charge in [-0.15, -0.1) is 11.3 Å². The van der Waals surface area contributed by atoms with Crippen molar-refractivity contribution in [3.63, 3.8) is 0 Å². The fraction of sp³-hybridized carbons (Fsp3) is 0.474. The Labute approximate surface area is 160 Å². The average Bonchev–Trinajstić information content (AvgIpc) is 3.17. The summed E-state index contributed by atoms with van der Waals surface area (Å²) < 4.78 is 5.80. The van der Waals surface area contributed by atoms with Crippen molar-refractivity contribution in [1.29, 1.82) is 5.26 Å². The van der Waals surface area contributed by atoms with E-state index in [1.54, 1.807) is 12.1 Å². The molecule has 0 fully saturated rings. The van der Waals surface area contributed by atoms with Crippen LogP contribution in [0.3, 0.4) is 0 Å². The lowest BCUT2D eigenvalue weighted by Crippen LogP contribution is -2.28. The predicted molar refractivity (Wildman–Crippen MR) is 103 cm³/mol. The molecule has 25 heavy (non-hydrogen) atoms. The summed E-state index contributed by atoms with van der Waals surface area (Å²) in [6.07, 6.45) is 4.13. The second kappa shape index (κ2) is 6.97. The molecule has 1 amide bonds. The minimum atomic E-state index is -0.328. The van der Waals surface area contributed by atoms with Crippen LogP contribution in [0.1, 0.15) is 60.2 Å². The average molecular weight is 421 g/mol. The molecule has 4 nitrogen and oxygen atoms in total. The molecule has 1 unspecified atom stereocenters. The van der Waals surface area contributed by atoms with Crippen LogP contribution in [0.2, 0.25) is 0 Å². The van der Waals surface area contributed by atoms with E-state index in [2.05, 4.69) is 48.1 Å². The SMILES string of the molecule is CCC(C)(C)C1CCc2c(sc(NC(=O)c3ccc(Br)o3)c2C#N)C1. The highest BCUT2D eigenvalue weighted by Crippen LogP contribution is 2.45. The quantitative estimate of drug-likeness (QED) is 0.682. The van der Waals surface area contributed by atoms with Gasteiger partial charge in [0.05, 0.1) is 5.56 Å². The summed E-state index contributed by atoms with van der Waals surface area (Å²) >= 11 is 4.73. The second-order valence-corrected chi connectivity index (χ2v) is 9.05. The van der Waals surface area contributed by atoms with Crippen molar-refractivity contribution in [2.45, 2.75) is 46.5 Å². The van der Waals surface area contributed by atoms with E-state index >= 15 is 0 Å². The maximum Gasteiger partial charge on any atom is 0.292 e. The van der Waals surface area contributed by atoms with E-state index in [0.717, 1.165) is 31.2 Å². The number of anilines is 1. The molecule has 2 aromatic heterocycles. The van der Waals surface area contributed by atoms with Gasteiger partial charge in [-0.3, -0.25) is 4.79 Å². The Bertz CT molecular complexity index is 844. The molecule has 0 saturated carbocycles. The molecule has 0 radical (unpaired) electrons. The van der Waals surface area contributed by atoms with Gasteiger partial charge in [0.1, 0.15) is 11.1 Å². The van der Waals surface area contributed by atoms with E-state index in [0.29, 0.717) is 26.6 Å². The van der Waals surface area contributed by atoms with E-state index < -0.39 is 0 Å². The highest BCUT2D eigenvalue weighted by atomic mass is 79.9. The van der Waals surface area contributed by atoms with Gasteiger partial charge in [0.25, 0.3) is 5.91 Å². The maximum atomic E-state index is 12.3. The summed E-state index contributed by atoms with van der Waals surface area (Å²) in [7, 11) is 0. The Morgan fingerprint density at radius 3 is 2.88 bits per heavy atom. The lowest BCUT2D eigenvalue weighted by Gasteiger charge is -2.36. The molecule has 0 aliphatic heterocycles. The number of nitrogens with zero attached hydrogens (tertiary/aromatic N) is 1. The molecule has 0 bridgehead atoms. The number of rotatable bonds is 4. The number of hydrogen-bond acceptors (Lipinski definition) is 4. The van der Waals surface area contributed by atoms with Gasteiger partial charge in [-0.1, -0.05) is 27.2 Å². The van der Waals surface area contributed by atoms with Crippen molar-refractivity contribution in [2.75, 3.05) is 5.32 Å². The van der Waals surface area contributed by atoms with E-state index in [1.165, 1.54) is 16.2 Å². The van der Waals surface area contributed by atoms with Crippen LogP contribution in [-0.2, 0) is 12.8 Å². The van der Waals surface area contributed by atoms with Crippen LogP contribution in [0.15, 0.2) is 21.2 Å². The third-order valence-electron chi connectivity index (χ3n) is 5.42. The Hall–Kier alpha value is -1.58. The molecular formula is C19H21BrN2O2S. The number of thiophene rings is 1. The first kappa shape index (κ1) is 18.2. The number of fused-ring (bicyclic) bond motifs is 1. The zero-order chi connectivity index (χ0) is 18.2. The minimum Gasteiger partial charge on any atom is -0.444 e. The maximum absolute atomic E-state index is 12.3. The molecule has 1 aliphatic carbocycles. The zero-order valence-electron chi connectivity index (χ0n) is 14.6. The number of carbonyl (C=O) groups excluding carboxylic acids is 1. The van der Waals surface area contributed by atoms with Crippen molar-refractivity contribution < 1.29 is 9.21 Å². The largest absolute Gasteiger partial charge is 0.444 e. The third kappa shape index (κ3) is 3.54. The predicted octanol–water partition coefficient (Wildman–Crippen LogP) is 5.77. The molecule has 1 N–H and O–H groups in total. The van der Waals surface area contributed by atoms with Gasteiger partial charge in [-0.05, 0) is 64.2 Å². The summed E-state index contributed by atoms with van der Waals surface area (Å²) in [5.41, 5.74) is 2.02. The molecule has 0 spiro atoms. The fourth-order valence-corrected chi connectivity index (χ4v) is 4.93. The van der Waals surface area contributed by atoms with Gasteiger partial charge in [0.2, 0.25) is 0 Å². The van der Waals surface area contributed by atoms with E-state index in [4.69, 9.17) is 4.42 Å². The Morgan fingerprint density at radius 1 is 1.52 bits per heavy atom. The molecule has 132 valence electrons. The van der Waals surface area contributed by atoms with Crippen molar-refractivity contribution in [1.82, 2.24) is 0 Å². The van der Waals surface area contributed by atoms with E-state index in [-0.39, 0.29) is 11.7 Å². The van der Waals surface area contributed by atoms with Crippen molar-refractivity contribution >= 4 is 38.2 Å². The monoisotopic (exact) mass is 420 g/mol. The summed E-state index contributed by atoms with van der Waals surface area (Å²) in [6, 6.07) is 5.58. The van der Waals surface area contributed by atoms with Crippen LogP contribution in [0.4, 0.5) is 5.00 Å². The van der Waals surface area contributed by atoms with Crippen LogP contribution in [0, 0.1) is 22.7 Å². The first-order valence-electron chi connectivity index (χ1n) is 8.47. The summed E-state index contributed by atoms with van der Waals surface area (Å²) in [6.45, 7) is 6.87. The van der Waals surface area contributed by atoms with E-state index in [1.807, 2.05) is 0 Å². The van der Waals surface area contributed by atoms with Crippen molar-refractivity contribution in [2.24, 2.45) is 11.3 Å². The van der Waals surface area contributed by atoms with Gasteiger partial charge < -0.3 is 9.73 Å². The van der Waals surface area contributed by atoms with Gasteiger partial charge >= 0.3 is 0 Å². The van der Waals surface area contributed by atoms with Crippen molar-refractivity contribution in [3.8, 4) is 6.07 Å². The first-order chi connectivity index (χ1) is 11.9. The lowest BCUT2D eigenvalue weighted by atomic mass is 9.69. The molecule has 3 rings (SSSR count). The number of nitrogens with one attached hydrogen (secondary N) is 1. The van der Waals surface area contributed by atoms with Gasteiger partial charge in [-0.2, -0.15) is 5.26 Å². The van der Waals surface area contributed by atoms with Gasteiger partial charge in [0, 0.05) is 4.88 Å². The summed E-state index contributed by atoms with van der Waals surface area (Å²) in [5, 5.41) is 13.1. The molecule has 6 heteroatoms. The van der Waals surface area contributed by atoms with Gasteiger partial charge in [-0.25, -0.2) is 0 Å². The number of hydrogen-bond donors (Lipinski definition) is 1. The van der Waals surface area contributed by atoms with Crippen molar-refractivity contribution in [3.05, 3.63) is 38.6 Å². The number of halogens is 1. The van der Waals surface area contributed by atoms with Crippen LogP contribution in [-0.4, -0.2) is 5.91 Å². The standard InChI is InChI=1S/C19H21BrN2O2S/c1-4-19(2,3)11-5-6-12-13(10-21)18(25-15(12)9-11)22-17(23)14-7-8-16(20)24-14/h7-8,11H,4-6,9H2,1-3H3,(H,22,23). The highest BCUT2D eigenvalue weighted by molar-refractivity contribution is 9.10. The normalized spacial score (nSPS) is 17.0. The minimum absolute atomic E-state index is 0.229. The van der Waals surface area contributed by atoms with Gasteiger partial charge in [0.15, 0.2) is 10.4 Å². The molecule has 1 aliphatic rings. The second-order valence-electron chi connectivity index (χ2n) is 7.16. The number of amides is 1.